The van der Waals surface area contributed by atoms with E-state index >= 15 is 0 Å². The Hall–Kier alpha value is -2.46. The molecule has 1 aromatic heterocycles. The second kappa shape index (κ2) is 8.27. The molecule has 0 bridgehead atoms. The zero-order valence-electron chi connectivity index (χ0n) is 16.1. The Kier molecular flexibility index (Phi) is 5.58. The Morgan fingerprint density at radius 2 is 1.93 bits per heavy atom. The largest absolute Gasteiger partial charge is 0.494 e. The molecule has 0 saturated carbocycles. The van der Waals surface area contributed by atoms with Crippen LogP contribution < -0.4 is 4.74 Å². The van der Waals surface area contributed by atoms with Crippen molar-refractivity contribution < 1.29 is 9.53 Å². The highest BCUT2D eigenvalue weighted by atomic mass is 35.5. The first-order chi connectivity index (χ1) is 13.7. The third-order valence-corrected chi connectivity index (χ3v) is 5.72. The molecular formula is C23H25ClN2O2. The summed E-state index contributed by atoms with van der Waals surface area (Å²) in [5.74, 6) is 1.03. The summed E-state index contributed by atoms with van der Waals surface area (Å²) in [7, 11) is 0. The molecule has 1 aliphatic rings. The van der Waals surface area contributed by atoms with Crippen LogP contribution in [0.5, 0.6) is 5.75 Å². The van der Waals surface area contributed by atoms with Crippen molar-refractivity contribution in [2.75, 3.05) is 19.7 Å². The van der Waals surface area contributed by atoms with Crippen LogP contribution in [0.25, 0.3) is 10.9 Å². The Morgan fingerprint density at radius 1 is 1.18 bits per heavy atom. The number of ether oxygens (including phenoxy) is 1. The average Bonchev–Trinajstić information content (AvgIpc) is 3.37. The molecule has 3 aromatic rings. The van der Waals surface area contributed by atoms with Gasteiger partial charge in [0.25, 0.3) is 0 Å². The highest BCUT2D eigenvalue weighted by Crippen LogP contribution is 2.36. The fourth-order valence-electron chi connectivity index (χ4n) is 4.04. The van der Waals surface area contributed by atoms with Gasteiger partial charge in [-0.15, -0.1) is 0 Å². The van der Waals surface area contributed by atoms with Crippen LogP contribution >= 0.6 is 11.6 Å². The minimum Gasteiger partial charge on any atom is -0.494 e. The lowest BCUT2D eigenvalue weighted by atomic mass is 9.87. The molecule has 4 nitrogen and oxygen atoms in total. The number of carbonyl (C=O) groups excluding carboxylic acids is 1. The van der Waals surface area contributed by atoms with E-state index in [0.717, 1.165) is 53.7 Å². The molecular weight excluding hydrogens is 372 g/mol. The maximum absolute atomic E-state index is 13.0. The van der Waals surface area contributed by atoms with Gasteiger partial charge in [-0.3, -0.25) is 4.79 Å². The van der Waals surface area contributed by atoms with E-state index in [4.69, 9.17) is 16.3 Å². The first-order valence-corrected chi connectivity index (χ1v) is 10.3. The van der Waals surface area contributed by atoms with Gasteiger partial charge < -0.3 is 14.6 Å². The van der Waals surface area contributed by atoms with E-state index < -0.39 is 0 Å². The fraction of sp³-hybridized carbons (Fsp3) is 0.348. The van der Waals surface area contributed by atoms with E-state index in [-0.39, 0.29) is 11.8 Å². The van der Waals surface area contributed by atoms with Crippen LogP contribution in [0.4, 0.5) is 0 Å². The lowest BCUT2D eigenvalue weighted by Gasteiger charge is -2.22. The van der Waals surface area contributed by atoms with Crippen LogP contribution in [0.3, 0.4) is 0 Å². The number of amides is 1. The summed E-state index contributed by atoms with van der Waals surface area (Å²) in [6, 6.07) is 13.9. The van der Waals surface area contributed by atoms with Gasteiger partial charge in [0.05, 0.1) is 6.61 Å². The van der Waals surface area contributed by atoms with Crippen molar-refractivity contribution in [2.45, 2.75) is 32.1 Å². The molecule has 5 heteroatoms. The number of H-pyrrole nitrogens is 1. The maximum atomic E-state index is 13.0. The number of carbonyl (C=O) groups is 1. The monoisotopic (exact) mass is 396 g/mol. The van der Waals surface area contributed by atoms with Crippen LogP contribution in [0.15, 0.2) is 48.7 Å². The second-order valence-corrected chi connectivity index (χ2v) is 7.72. The molecule has 1 N–H and O–H groups in total. The molecule has 4 rings (SSSR count). The number of hydrogen-bond acceptors (Lipinski definition) is 2. The Bertz CT molecular complexity index is 958. The maximum Gasteiger partial charge on any atom is 0.223 e. The van der Waals surface area contributed by atoms with E-state index in [9.17, 15) is 4.79 Å². The van der Waals surface area contributed by atoms with Crippen molar-refractivity contribution >= 4 is 28.4 Å². The number of halogens is 1. The van der Waals surface area contributed by atoms with Crippen molar-refractivity contribution in [3.05, 3.63) is 64.8 Å². The number of fused-ring (bicyclic) bond motifs is 1. The van der Waals surface area contributed by atoms with Gasteiger partial charge in [0.1, 0.15) is 5.75 Å². The fourth-order valence-corrected chi connectivity index (χ4v) is 4.22. The van der Waals surface area contributed by atoms with Gasteiger partial charge in [0.15, 0.2) is 0 Å². The Balaban J connectivity index is 1.71. The number of nitrogens with zero attached hydrogens (tertiary/aromatic N) is 1. The van der Waals surface area contributed by atoms with Gasteiger partial charge in [-0.25, -0.2) is 0 Å². The molecule has 1 fully saturated rings. The van der Waals surface area contributed by atoms with Gasteiger partial charge in [0, 0.05) is 47.6 Å². The lowest BCUT2D eigenvalue weighted by Crippen LogP contribution is -2.29. The number of rotatable bonds is 6. The van der Waals surface area contributed by atoms with Crippen LogP contribution in [0.2, 0.25) is 5.02 Å². The molecule has 2 heterocycles. The SMILES string of the molecule is CCOc1ccc(C(CC(=O)N2CCCC2)c2c[nH]c3ccc(Cl)cc23)cc1. The average molecular weight is 397 g/mol. The third kappa shape index (κ3) is 3.88. The van der Waals surface area contributed by atoms with E-state index in [2.05, 4.69) is 17.1 Å². The van der Waals surface area contributed by atoms with Crippen molar-refractivity contribution in [1.82, 2.24) is 9.88 Å². The van der Waals surface area contributed by atoms with E-state index in [1.165, 1.54) is 0 Å². The summed E-state index contributed by atoms with van der Waals surface area (Å²) in [4.78, 5) is 18.3. The molecule has 1 amide bonds. The topological polar surface area (TPSA) is 45.3 Å². The molecule has 1 saturated heterocycles. The number of aromatic amines is 1. The van der Waals surface area contributed by atoms with Gasteiger partial charge in [-0.05, 0) is 61.2 Å². The molecule has 0 radical (unpaired) electrons. The number of nitrogens with one attached hydrogen (secondary N) is 1. The zero-order chi connectivity index (χ0) is 19.5. The quantitative estimate of drug-likeness (QED) is 0.609. The van der Waals surface area contributed by atoms with Crippen LogP contribution in [-0.4, -0.2) is 35.5 Å². The molecule has 0 spiro atoms. The minimum absolute atomic E-state index is 0.0315. The Morgan fingerprint density at radius 3 is 2.64 bits per heavy atom. The van der Waals surface area contributed by atoms with Crippen LogP contribution in [-0.2, 0) is 4.79 Å². The first kappa shape index (κ1) is 18.9. The van der Waals surface area contributed by atoms with E-state index in [1.54, 1.807) is 0 Å². The molecule has 0 aliphatic carbocycles. The second-order valence-electron chi connectivity index (χ2n) is 7.28. The summed E-state index contributed by atoms with van der Waals surface area (Å²) in [6.45, 7) is 4.35. The smallest absolute Gasteiger partial charge is 0.223 e. The number of hydrogen-bond donors (Lipinski definition) is 1. The van der Waals surface area contributed by atoms with Gasteiger partial charge >= 0.3 is 0 Å². The Labute approximate surface area is 170 Å². The number of aromatic nitrogens is 1. The number of likely N-dealkylation sites (tertiary alicyclic amines) is 1. The normalized spacial score (nSPS) is 15.1. The predicted octanol–water partition coefficient (Wildman–Crippen LogP) is 5.36. The van der Waals surface area contributed by atoms with Gasteiger partial charge in [0.2, 0.25) is 5.91 Å². The summed E-state index contributed by atoms with van der Waals surface area (Å²) < 4.78 is 5.58. The zero-order valence-corrected chi connectivity index (χ0v) is 16.8. The molecule has 2 aromatic carbocycles. The van der Waals surface area contributed by atoms with E-state index in [1.807, 2.05) is 48.4 Å². The van der Waals surface area contributed by atoms with Crippen LogP contribution in [0.1, 0.15) is 43.2 Å². The third-order valence-electron chi connectivity index (χ3n) is 5.48. The molecule has 1 atom stereocenters. The van der Waals surface area contributed by atoms with Gasteiger partial charge in [-0.1, -0.05) is 23.7 Å². The molecule has 146 valence electrons. The molecule has 28 heavy (non-hydrogen) atoms. The summed E-state index contributed by atoms with van der Waals surface area (Å²) in [5.41, 5.74) is 3.25. The molecule has 1 aliphatic heterocycles. The summed E-state index contributed by atoms with van der Waals surface area (Å²) in [6.07, 6.45) is 4.66. The summed E-state index contributed by atoms with van der Waals surface area (Å²) >= 11 is 6.26. The van der Waals surface area contributed by atoms with Crippen molar-refractivity contribution in [2.24, 2.45) is 0 Å². The number of benzene rings is 2. The first-order valence-electron chi connectivity index (χ1n) is 9.92. The van der Waals surface area contributed by atoms with Crippen molar-refractivity contribution in [1.29, 1.82) is 0 Å². The van der Waals surface area contributed by atoms with E-state index in [0.29, 0.717) is 18.1 Å². The predicted molar refractivity (Wildman–Crippen MR) is 113 cm³/mol. The lowest BCUT2D eigenvalue weighted by molar-refractivity contribution is -0.130. The van der Waals surface area contributed by atoms with Crippen LogP contribution in [0, 0.1) is 0 Å². The standard InChI is InChI=1S/C23H25ClN2O2/c1-2-28-18-8-5-16(6-9-18)19(14-23(27)26-11-3-4-12-26)21-15-25-22-10-7-17(24)13-20(21)22/h5-10,13,15,19,25H,2-4,11-12,14H2,1H3. The van der Waals surface area contributed by atoms with Crippen molar-refractivity contribution in [3.8, 4) is 5.75 Å². The minimum atomic E-state index is -0.0315. The highest BCUT2D eigenvalue weighted by molar-refractivity contribution is 6.31. The molecule has 1 unspecified atom stereocenters. The van der Waals surface area contributed by atoms with Gasteiger partial charge in [-0.2, -0.15) is 0 Å². The van der Waals surface area contributed by atoms with Crippen molar-refractivity contribution in [3.63, 3.8) is 0 Å². The summed E-state index contributed by atoms with van der Waals surface area (Å²) in [5, 5.41) is 1.77. The highest BCUT2D eigenvalue weighted by Gasteiger charge is 2.26.